The van der Waals surface area contributed by atoms with Gasteiger partial charge in [-0.2, -0.15) is 0 Å². The molecule has 0 aliphatic rings. The minimum absolute atomic E-state index is 0.372. The molecule has 1 aromatic carbocycles. The van der Waals surface area contributed by atoms with Crippen molar-refractivity contribution in [3.05, 3.63) is 53.0 Å². The largest absolute Gasteiger partial charge is 0.383 e. The Labute approximate surface area is 101 Å². The van der Waals surface area contributed by atoms with Gasteiger partial charge in [0.2, 0.25) is 0 Å². The third-order valence-electron chi connectivity index (χ3n) is 2.61. The number of nitrogen functional groups attached to an aromatic ring is 1. The summed E-state index contributed by atoms with van der Waals surface area (Å²) in [5.41, 5.74) is 14.5. The summed E-state index contributed by atoms with van der Waals surface area (Å²) in [6.45, 7) is 2.44. The van der Waals surface area contributed by atoms with Crippen molar-refractivity contribution in [2.45, 2.75) is 19.9 Å². The normalized spacial score (nSPS) is 10.5. The molecule has 1 heterocycles. The van der Waals surface area contributed by atoms with Crippen LogP contribution in [0.3, 0.4) is 0 Å². The number of aryl methyl sites for hydroxylation is 1. The third kappa shape index (κ3) is 2.79. The van der Waals surface area contributed by atoms with E-state index in [4.69, 9.17) is 11.5 Å². The lowest BCUT2D eigenvalue weighted by atomic mass is 10.1. The van der Waals surface area contributed by atoms with Crippen molar-refractivity contribution in [2.75, 3.05) is 5.73 Å². The van der Waals surface area contributed by atoms with E-state index >= 15 is 0 Å². The molecule has 17 heavy (non-hydrogen) atoms. The molecule has 4 heteroatoms. The SMILES string of the molecule is Cc1cccc(Cc2ncc(CN)c(N)n2)c1. The van der Waals surface area contributed by atoms with Crippen molar-refractivity contribution >= 4 is 5.82 Å². The molecule has 0 fully saturated rings. The smallest absolute Gasteiger partial charge is 0.135 e. The van der Waals surface area contributed by atoms with Crippen LogP contribution in [-0.4, -0.2) is 9.97 Å². The molecule has 2 rings (SSSR count). The maximum atomic E-state index is 5.78. The number of rotatable bonds is 3. The van der Waals surface area contributed by atoms with Gasteiger partial charge in [0.05, 0.1) is 0 Å². The van der Waals surface area contributed by atoms with Crippen LogP contribution in [0.4, 0.5) is 5.82 Å². The molecule has 0 atom stereocenters. The van der Waals surface area contributed by atoms with Crippen LogP contribution >= 0.6 is 0 Å². The third-order valence-corrected chi connectivity index (χ3v) is 2.61. The van der Waals surface area contributed by atoms with E-state index in [0.29, 0.717) is 18.8 Å². The first-order valence-electron chi connectivity index (χ1n) is 5.55. The van der Waals surface area contributed by atoms with Crippen molar-refractivity contribution in [3.8, 4) is 0 Å². The Balaban J connectivity index is 2.22. The van der Waals surface area contributed by atoms with E-state index in [1.165, 1.54) is 11.1 Å². The van der Waals surface area contributed by atoms with Crippen LogP contribution in [0.15, 0.2) is 30.5 Å². The van der Waals surface area contributed by atoms with Crippen molar-refractivity contribution in [2.24, 2.45) is 5.73 Å². The minimum atomic E-state index is 0.372. The van der Waals surface area contributed by atoms with E-state index in [1.807, 2.05) is 6.07 Å². The second kappa shape index (κ2) is 4.93. The number of aromatic nitrogens is 2. The first-order valence-corrected chi connectivity index (χ1v) is 5.55. The molecule has 1 aromatic heterocycles. The predicted octanol–water partition coefficient (Wildman–Crippen LogP) is 1.42. The molecule has 0 saturated carbocycles. The zero-order chi connectivity index (χ0) is 12.3. The van der Waals surface area contributed by atoms with Gasteiger partial charge in [0.25, 0.3) is 0 Å². The summed E-state index contributed by atoms with van der Waals surface area (Å²) in [7, 11) is 0. The molecule has 0 radical (unpaired) electrons. The molecule has 0 unspecified atom stereocenters. The number of hydrogen-bond donors (Lipinski definition) is 2. The quantitative estimate of drug-likeness (QED) is 0.832. The Morgan fingerprint density at radius 2 is 2.12 bits per heavy atom. The highest BCUT2D eigenvalue weighted by Gasteiger charge is 2.04. The molecule has 0 aliphatic carbocycles. The fourth-order valence-electron chi connectivity index (χ4n) is 1.71. The summed E-state index contributed by atoms with van der Waals surface area (Å²) >= 11 is 0. The van der Waals surface area contributed by atoms with Crippen LogP contribution in [0.2, 0.25) is 0 Å². The fourth-order valence-corrected chi connectivity index (χ4v) is 1.71. The highest BCUT2D eigenvalue weighted by Crippen LogP contribution is 2.11. The molecular formula is C13H16N4. The molecule has 0 saturated heterocycles. The van der Waals surface area contributed by atoms with Gasteiger partial charge in [0, 0.05) is 24.7 Å². The average Bonchev–Trinajstić information content (AvgIpc) is 2.29. The van der Waals surface area contributed by atoms with Gasteiger partial charge in [0.15, 0.2) is 0 Å². The van der Waals surface area contributed by atoms with Gasteiger partial charge in [-0.25, -0.2) is 9.97 Å². The van der Waals surface area contributed by atoms with Crippen molar-refractivity contribution in [1.29, 1.82) is 0 Å². The van der Waals surface area contributed by atoms with Crippen molar-refractivity contribution in [1.82, 2.24) is 9.97 Å². The number of hydrogen-bond acceptors (Lipinski definition) is 4. The Bertz CT molecular complexity index is 523. The van der Waals surface area contributed by atoms with Gasteiger partial charge in [-0.15, -0.1) is 0 Å². The van der Waals surface area contributed by atoms with Crippen molar-refractivity contribution in [3.63, 3.8) is 0 Å². The molecule has 0 amide bonds. The van der Waals surface area contributed by atoms with Crippen LogP contribution in [0.1, 0.15) is 22.5 Å². The molecule has 0 aliphatic heterocycles. The summed E-state index contributed by atoms with van der Waals surface area (Å²) in [6.07, 6.45) is 2.39. The number of benzene rings is 1. The number of anilines is 1. The zero-order valence-corrected chi connectivity index (χ0v) is 9.85. The lowest BCUT2D eigenvalue weighted by molar-refractivity contribution is 0.933. The number of nitrogens with zero attached hydrogens (tertiary/aromatic N) is 2. The maximum Gasteiger partial charge on any atom is 0.135 e. The molecule has 2 aromatic rings. The Morgan fingerprint density at radius 3 is 2.76 bits per heavy atom. The Morgan fingerprint density at radius 1 is 1.29 bits per heavy atom. The van der Waals surface area contributed by atoms with Gasteiger partial charge in [0.1, 0.15) is 11.6 Å². The van der Waals surface area contributed by atoms with Gasteiger partial charge in [-0.05, 0) is 12.5 Å². The molecule has 88 valence electrons. The second-order valence-corrected chi connectivity index (χ2v) is 4.07. The Kier molecular flexibility index (Phi) is 3.35. The first-order chi connectivity index (χ1) is 8.19. The standard InChI is InChI=1S/C13H16N4/c1-9-3-2-4-10(5-9)6-12-16-8-11(7-14)13(15)17-12/h2-5,8H,6-7,14H2,1H3,(H2,15,16,17). The van der Waals surface area contributed by atoms with Crippen molar-refractivity contribution < 1.29 is 0 Å². The predicted molar refractivity (Wildman–Crippen MR) is 68.3 cm³/mol. The maximum absolute atomic E-state index is 5.78. The number of nitrogens with two attached hydrogens (primary N) is 2. The zero-order valence-electron chi connectivity index (χ0n) is 9.85. The lowest BCUT2D eigenvalue weighted by Gasteiger charge is -2.05. The summed E-state index contributed by atoms with van der Waals surface area (Å²) in [5.74, 6) is 1.20. The highest BCUT2D eigenvalue weighted by atomic mass is 14.9. The summed E-state index contributed by atoms with van der Waals surface area (Å²) in [4.78, 5) is 8.52. The van der Waals surface area contributed by atoms with E-state index in [0.717, 1.165) is 11.4 Å². The van der Waals surface area contributed by atoms with Crippen LogP contribution in [0.5, 0.6) is 0 Å². The summed E-state index contributed by atoms with van der Waals surface area (Å²) < 4.78 is 0. The van der Waals surface area contributed by atoms with Gasteiger partial charge in [-0.1, -0.05) is 29.8 Å². The van der Waals surface area contributed by atoms with Crippen LogP contribution in [0, 0.1) is 6.92 Å². The second-order valence-electron chi connectivity index (χ2n) is 4.07. The van der Waals surface area contributed by atoms with Gasteiger partial charge >= 0.3 is 0 Å². The van der Waals surface area contributed by atoms with Crippen LogP contribution in [0.25, 0.3) is 0 Å². The Hall–Kier alpha value is -1.94. The average molecular weight is 228 g/mol. The minimum Gasteiger partial charge on any atom is -0.383 e. The molecular weight excluding hydrogens is 212 g/mol. The molecule has 4 nitrogen and oxygen atoms in total. The lowest BCUT2D eigenvalue weighted by Crippen LogP contribution is -2.07. The van der Waals surface area contributed by atoms with E-state index in [-0.39, 0.29) is 0 Å². The molecule has 4 N–H and O–H groups in total. The monoisotopic (exact) mass is 228 g/mol. The summed E-state index contributed by atoms with van der Waals surface area (Å²) in [5, 5.41) is 0. The van der Waals surface area contributed by atoms with E-state index < -0.39 is 0 Å². The fraction of sp³-hybridized carbons (Fsp3) is 0.231. The topological polar surface area (TPSA) is 77.8 Å². The van der Waals surface area contributed by atoms with E-state index in [9.17, 15) is 0 Å². The summed E-state index contributed by atoms with van der Waals surface area (Å²) in [6, 6.07) is 8.28. The van der Waals surface area contributed by atoms with Gasteiger partial charge < -0.3 is 11.5 Å². The highest BCUT2D eigenvalue weighted by molar-refractivity contribution is 5.38. The van der Waals surface area contributed by atoms with E-state index in [1.54, 1.807) is 6.20 Å². The molecule has 0 spiro atoms. The van der Waals surface area contributed by atoms with Gasteiger partial charge in [-0.3, -0.25) is 0 Å². The van der Waals surface area contributed by atoms with E-state index in [2.05, 4.69) is 35.1 Å². The first kappa shape index (κ1) is 11.5. The van der Waals surface area contributed by atoms with Crippen LogP contribution in [-0.2, 0) is 13.0 Å². The molecule has 0 bridgehead atoms. The van der Waals surface area contributed by atoms with Crippen LogP contribution < -0.4 is 11.5 Å².